The van der Waals surface area contributed by atoms with E-state index in [0.717, 1.165) is 50.4 Å². The van der Waals surface area contributed by atoms with Gasteiger partial charge in [-0.2, -0.15) is 0 Å². The van der Waals surface area contributed by atoms with Gasteiger partial charge in [0.05, 0.1) is 6.10 Å². The number of rotatable bonds is 16. The zero-order valence-corrected chi connectivity index (χ0v) is 19.8. The van der Waals surface area contributed by atoms with Gasteiger partial charge < -0.3 is 19.3 Å². The van der Waals surface area contributed by atoms with Crippen LogP contribution >= 0.6 is 0 Å². The van der Waals surface area contributed by atoms with Crippen molar-refractivity contribution in [3.05, 3.63) is 42.4 Å². The molecule has 31 heavy (non-hydrogen) atoms. The summed E-state index contributed by atoms with van der Waals surface area (Å²) >= 11 is 0. The Balaban J connectivity index is 1.56. The Morgan fingerprint density at radius 3 is 2.45 bits per heavy atom. The third-order valence-corrected chi connectivity index (χ3v) is 6.48. The molecule has 4 heteroatoms. The summed E-state index contributed by atoms with van der Waals surface area (Å²) in [7, 11) is 1.75. The molecule has 0 aliphatic heterocycles. The molecule has 1 fully saturated rings. The Labute approximate surface area is 190 Å². The fourth-order valence-corrected chi connectivity index (χ4v) is 4.54. The van der Waals surface area contributed by atoms with Crippen LogP contribution in [0.15, 0.2) is 36.8 Å². The van der Waals surface area contributed by atoms with E-state index in [1.807, 2.05) is 12.1 Å². The summed E-state index contributed by atoms with van der Waals surface area (Å²) < 4.78 is 16.8. The molecule has 1 aliphatic carbocycles. The van der Waals surface area contributed by atoms with E-state index < -0.39 is 0 Å². The Morgan fingerprint density at radius 1 is 1.00 bits per heavy atom. The maximum Gasteiger partial charge on any atom is 0.126 e. The van der Waals surface area contributed by atoms with E-state index in [4.69, 9.17) is 19.3 Å². The molecule has 0 aromatic heterocycles. The second-order valence-corrected chi connectivity index (χ2v) is 9.03. The molecule has 0 spiro atoms. The van der Waals surface area contributed by atoms with Crippen molar-refractivity contribution in [3.8, 4) is 5.75 Å². The molecule has 0 saturated heterocycles. The van der Waals surface area contributed by atoms with Gasteiger partial charge in [-0.25, -0.2) is 0 Å². The lowest BCUT2D eigenvalue weighted by Crippen LogP contribution is -2.20. The summed E-state index contributed by atoms with van der Waals surface area (Å²) in [6.45, 7) is 3.26. The van der Waals surface area contributed by atoms with Gasteiger partial charge in [0.25, 0.3) is 0 Å². The first-order chi connectivity index (χ1) is 15.2. The molecule has 0 heterocycles. The topological polar surface area (TPSA) is 47.9 Å². The summed E-state index contributed by atoms with van der Waals surface area (Å²) in [6.07, 6.45) is 17.9. The van der Waals surface area contributed by atoms with Crippen molar-refractivity contribution < 1.29 is 19.3 Å². The average Bonchev–Trinajstić information content (AvgIpc) is 2.79. The van der Waals surface area contributed by atoms with Gasteiger partial charge in [0.15, 0.2) is 0 Å². The van der Waals surface area contributed by atoms with Crippen molar-refractivity contribution in [2.45, 2.75) is 90.1 Å². The molecule has 1 atom stereocenters. The third kappa shape index (κ3) is 11.1. The second kappa shape index (κ2) is 16.2. The lowest BCUT2D eigenvalue weighted by atomic mass is 9.83. The lowest BCUT2D eigenvalue weighted by Gasteiger charge is -2.28. The Kier molecular flexibility index (Phi) is 13.4. The van der Waals surface area contributed by atoms with Gasteiger partial charge in [0.2, 0.25) is 0 Å². The molecule has 176 valence electrons. The van der Waals surface area contributed by atoms with Crippen molar-refractivity contribution >= 4 is 0 Å². The van der Waals surface area contributed by atoms with Crippen LogP contribution in [0, 0.1) is 11.8 Å². The van der Waals surface area contributed by atoms with E-state index in [-0.39, 0.29) is 6.61 Å². The molecule has 1 saturated carbocycles. The Morgan fingerprint density at radius 2 is 1.77 bits per heavy atom. The van der Waals surface area contributed by atoms with Gasteiger partial charge in [-0.1, -0.05) is 44.7 Å². The van der Waals surface area contributed by atoms with E-state index in [1.165, 1.54) is 50.5 Å². The second-order valence-electron chi connectivity index (χ2n) is 9.03. The molecular weight excluding hydrogens is 388 g/mol. The average molecular weight is 433 g/mol. The number of aryl methyl sites for hydroxylation is 1. The predicted octanol–water partition coefficient (Wildman–Crippen LogP) is 6.66. The van der Waals surface area contributed by atoms with Crippen LogP contribution in [0.5, 0.6) is 5.75 Å². The largest absolute Gasteiger partial charge is 0.495 e. The summed E-state index contributed by atoms with van der Waals surface area (Å²) in [5.74, 6) is 2.17. The van der Waals surface area contributed by atoms with Crippen LogP contribution in [0.4, 0.5) is 0 Å². The molecule has 1 aliphatic rings. The SMILES string of the molecule is CCCCCc1ccc(O/C=C\OC2CCC(CCCC(CCO)COC)CC2)cc1. The third-order valence-electron chi connectivity index (χ3n) is 6.48. The normalized spacial score (nSPS) is 20.1. The monoisotopic (exact) mass is 432 g/mol. The number of aliphatic hydroxyl groups is 1. The molecule has 0 amide bonds. The number of hydrogen-bond donors (Lipinski definition) is 1. The zero-order chi connectivity index (χ0) is 22.2. The van der Waals surface area contributed by atoms with Gasteiger partial charge in [-0.05, 0) is 80.9 Å². The quantitative estimate of drug-likeness (QED) is 0.234. The molecule has 1 N–H and O–H groups in total. The summed E-state index contributed by atoms with van der Waals surface area (Å²) in [5.41, 5.74) is 1.38. The summed E-state index contributed by atoms with van der Waals surface area (Å²) in [4.78, 5) is 0. The standard InChI is InChI=1S/C27H44O4/c1-3-4-5-7-23-10-14-26(15-11-23)30-20-21-31-27-16-12-24(13-17-27)8-6-9-25(18-19-28)22-29-2/h10-11,14-15,20-21,24-25,27-28H,3-9,12-13,16-19,22H2,1-2H3/b21-20-. The fourth-order valence-electron chi connectivity index (χ4n) is 4.54. The van der Waals surface area contributed by atoms with Gasteiger partial charge in [-0.3, -0.25) is 0 Å². The van der Waals surface area contributed by atoms with Crippen molar-refractivity contribution in [1.29, 1.82) is 0 Å². The molecule has 2 rings (SSSR count). The minimum absolute atomic E-state index is 0.262. The van der Waals surface area contributed by atoms with Crippen molar-refractivity contribution in [2.75, 3.05) is 20.3 Å². The predicted molar refractivity (Wildman–Crippen MR) is 127 cm³/mol. The first kappa shape index (κ1) is 25.7. The van der Waals surface area contributed by atoms with Crippen LogP contribution in [-0.2, 0) is 15.9 Å². The Bertz CT molecular complexity index is 569. The first-order valence-electron chi connectivity index (χ1n) is 12.4. The van der Waals surface area contributed by atoms with E-state index >= 15 is 0 Å². The van der Waals surface area contributed by atoms with E-state index in [9.17, 15) is 0 Å². The van der Waals surface area contributed by atoms with Crippen molar-refractivity contribution in [1.82, 2.24) is 0 Å². The first-order valence-corrected chi connectivity index (χ1v) is 12.4. The highest BCUT2D eigenvalue weighted by Gasteiger charge is 2.21. The van der Waals surface area contributed by atoms with Gasteiger partial charge >= 0.3 is 0 Å². The smallest absolute Gasteiger partial charge is 0.126 e. The van der Waals surface area contributed by atoms with Crippen LogP contribution in [0.1, 0.15) is 83.1 Å². The van der Waals surface area contributed by atoms with Crippen molar-refractivity contribution in [3.63, 3.8) is 0 Å². The van der Waals surface area contributed by atoms with Gasteiger partial charge in [0, 0.05) is 20.3 Å². The number of aliphatic hydroxyl groups excluding tert-OH is 1. The molecule has 1 unspecified atom stereocenters. The fraction of sp³-hybridized carbons (Fsp3) is 0.704. The van der Waals surface area contributed by atoms with Gasteiger partial charge in [-0.15, -0.1) is 0 Å². The number of ether oxygens (including phenoxy) is 3. The highest BCUT2D eigenvalue weighted by molar-refractivity contribution is 5.27. The molecule has 4 nitrogen and oxygen atoms in total. The van der Waals surface area contributed by atoms with Crippen LogP contribution in [0.2, 0.25) is 0 Å². The number of methoxy groups -OCH3 is 1. The summed E-state index contributed by atoms with van der Waals surface area (Å²) in [5, 5.41) is 9.16. The van der Waals surface area contributed by atoms with Crippen LogP contribution in [0.3, 0.4) is 0 Å². The molecular formula is C27H44O4. The van der Waals surface area contributed by atoms with Crippen molar-refractivity contribution in [2.24, 2.45) is 11.8 Å². The lowest BCUT2D eigenvalue weighted by molar-refractivity contribution is 0.0815. The summed E-state index contributed by atoms with van der Waals surface area (Å²) in [6, 6.07) is 8.38. The highest BCUT2D eigenvalue weighted by Crippen LogP contribution is 2.30. The number of benzene rings is 1. The Hall–Kier alpha value is -1.52. The number of unbranched alkanes of at least 4 members (excludes halogenated alkanes) is 2. The maximum absolute atomic E-state index is 9.16. The van der Waals surface area contributed by atoms with Crippen LogP contribution in [0.25, 0.3) is 0 Å². The minimum atomic E-state index is 0.262. The molecule has 1 aromatic rings. The zero-order valence-electron chi connectivity index (χ0n) is 19.8. The van der Waals surface area contributed by atoms with E-state index in [2.05, 4.69) is 19.1 Å². The van der Waals surface area contributed by atoms with E-state index in [0.29, 0.717) is 12.0 Å². The maximum atomic E-state index is 9.16. The number of hydrogen-bond acceptors (Lipinski definition) is 4. The molecule has 1 aromatic carbocycles. The molecule has 0 bridgehead atoms. The van der Waals surface area contributed by atoms with Crippen LogP contribution < -0.4 is 4.74 Å². The highest BCUT2D eigenvalue weighted by atomic mass is 16.5. The van der Waals surface area contributed by atoms with Gasteiger partial charge in [0.1, 0.15) is 18.3 Å². The van der Waals surface area contributed by atoms with E-state index in [1.54, 1.807) is 19.6 Å². The van der Waals surface area contributed by atoms with Crippen LogP contribution in [-0.4, -0.2) is 31.5 Å². The molecule has 0 radical (unpaired) electrons. The minimum Gasteiger partial charge on any atom is -0.495 e.